The number of fused-ring (bicyclic) bond motifs is 6. The van der Waals surface area contributed by atoms with Crippen LogP contribution in [-0.2, 0) is 0 Å². The molecule has 2 atom stereocenters. The lowest BCUT2D eigenvalue weighted by molar-refractivity contribution is 0.394. The molecule has 1 fully saturated rings. The van der Waals surface area contributed by atoms with E-state index in [1.54, 1.807) is 0 Å². The SMILES string of the molecule is C1=CC2(CNC3=CCCCC32)C2=Nc3ccccc3C2=C1. The third kappa shape index (κ3) is 1.40. The van der Waals surface area contributed by atoms with E-state index in [-0.39, 0.29) is 5.41 Å². The van der Waals surface area contributed by atoms with E-state index < -0.39 is 0 Å². The van der Waals surface area contributed by atoms with Gasteiger partial charge in [0.15, 0.2) is 0 Å². The quantitative estimate of drug-likeness (QED) is 0.759. The molecule has 2 unspecified atom stereocenters. The zero-order valence-corrected chi connectivity index (χ0v) is 12.0. The molecule has 1 spiro atoms. The van der Waals surface area contributed by atoms with Crippen molar-refractivity contribution in [3.05, 3.63) is 59.8 Å². The number of aliphatic imine (C=N–C) groups is 1. The fourth-order valence-electron chi connectivity index (χ4n) is 4.43. The summed E-state index contributed by atoms with van der Waals surface area (Å²) < 4.78 is 0. The molecular weight excluding hydrogens is 256 g/mol. The lowest BCUT2D eigenvalue weighted by atomic mass is 9.66. The van der Waals surface area contributed by atoms with E-state index in [2.05, 4.69) is 53.9 Å². The van der Waals surface area contributed by atoms with Gasteiger partial charge in [-0.3, -0.25) is 4.99 Å². The molecule has 2 heteroatoms. The third-order valence-electron chi connectivity index (χ3n) is 5.42. The number of hydrogen-bond acceptors (Lipinski definition) is 2. The summed E-state index contributed by atoms with van der Waals surface area (Å²) in [5.74, 6) is 0.583. The maximum atomic E-state index is 5.03. The number of nitrogens with one attached hydrogen (secondary N) is 1. The van der Waals surface area contributed by atoms with Crippen LogP contribution in [0.3, 0.4) is 0 Å². The Balaban J connectivity index is 1.69. The van der Waals surface area contributed by atoms with Gasteiger partial charge in [0.05, 0.1) is 16.8 Å². The normalized spacial score (nSPS) is 31.8. The van der Waals surface area contributed by atoms with Crippen LogP contribution in [0.25, 0.3) is 5.57 Å². The Bertz CT molecular complexity index is 751. The molecule has 1 N–H and O–H groups in total. The lowest BCUT2D eigenvalue weighted by Gasteiger charge is -2.35. The van der Waals surface area contributed by atoms with E-state index in [0.717, 1.165) is 12.2 Å². The minimum Gasteiger partial charge on any atom is -0.387 e. The summed E-state index contributed by atoms with van der Waals surface area (Å²) in [4.78, 5) is 5.03. The van der Waals surface area contributed by atoms with Crippen molar-refractivity contribution in [3.8, 4) is 0 Å². The van der Waals surface area contributed by atoms with Crippen molar-refractivity contribution >= 4 is 17.0 Å². The largest absolute Gasteiger partial charge is 0.387 e. The molecule has 0 bridgehead atoms. The summed E-state index contributed by atoms with van der Waals surface area (Å²) in [5.41, 5.74) is 6.57. The number of allylic oxidation sites excluding steroid dienone is 5. The van der Waals surface area contributed by atoms with Crippen LogP contribution in [0.1, 0.15) is 24.8 Å². The van der Waals surface area contributed by atoms with E-state index in [1.165, 1.54) is 41.8 Å². The van der Waals surface area contributed by atoms with Gasteiger partial charge in [-0.25, -0.2) is 0 Å². The summed E-state index contributed by atoms with van der Waals surface area (Å²) in [6.07, 6.45) is 13.1. The van der Waals surface area contributed by atoms with Crippen LogP contribution in [-0.4, -0.2) is 12.3 Å². The van der Waals surface area contributed by atoms with Crippen molar-refractivity contribution in [2.45, 2.75) is 19.3 Å². The summed E-state index contributed by atoms with van der Waals surface area (Å²) in [6, 6.07) is 8.53. The highest BCUT2D eigenvalue weighted by Gasteiger charge is 2.51. The smallest absolute Gasteiger partial charge is 0.0712 e. The fraction of sp³-hybridized carbons (Fsp3) is 0.316. The topological polar surface area (TPSA) is 24.4 Å². The maximum Gasteiger partial charge on any atom is 0.0712 e. The third-order valence-corrected chi connectivity index (χ3v) is 5.42. The standard InChI is InChI=1S/C19H18N2/c1-3-9-16-13(6-1)14-7-5-11-19(18(14)21-16)12-20-17-10-4-2-8-15(17)19/h1,3,5-7,9-11,15,20H,2,4,8,12H2. The Hall–Kier alpha value is -2.09. The van der Waals surface area contributed by atoms with Crippen LogP contribution < -0.4 is 5.32 Å². The summed E-state index contributed by atoms with van der Waals surface area (Å²) in [5, 5.41) is 3.66. The molecule has 0 aromatic heterocycles. The highest BCUT2D eigenvalue weighted by Crippen LogP contribution is 2.52. The minimum absolute atomic E-state index is 0.0648. The first-order valence-electron chi connectivity index (χ1n) is 7.91. The van der Waals surface area contributed by atoms with Gasteiger partial charge in [-0.1, -0.05) is 42.5 Å². The minimum atomic E-state index is 0.0648. The number of rotatable bonds is 0. The Morgan fingerprint density at radius 1 is 1.24 bits per heavy atom. The lowest BCUT2D eigenvalue weighted by Crippen LogP contribution is -2.38. The average molecular weight is 274 g/mol. The number of para-hydroxylation sites is 1. The molecule has 2 nitrogen and oxygen atoms in total. The van der Waals surface area contributed by atoms with E-state index in [9.17, 15) is 0 Å². The van der Waals surface area contributed by atoms with E-state index in [4.69, 9.17) is 4.99 Å². The monoisotopic (exact) mass is 274 g/mol. The Morgan fingerprint density at radius 2 is 2.19 bits per heavy atom. The van der Waals surface area contributed by atoms with Crippen molar-refractivity contribution in [1.29, 1.82) is 0 Å². The molecule has 2 heterocycles. The number of hydrogen-bond donors (Lipinski definition) is 1. The number of nitrogens with zero attached hydrogens (tertiary/aromatic N) is 1. The Kier molecular flexibility index (Phi) is 2.19. The van der Waals surface area contributed by atoms with Crippen LogP contribution >= 0.6 is 0 Å². The highest BCUT2D eigenvalue weighted by atomic mass is 15.0. The summed E-state index contributed by atoms with van der Waals surface area (Å²) in [6.45, 7) is 0.990. The van der Waals surface area contributed by atoms with Gasteiger partial charge in [-0.05, 0) is 25.3 Å². The molecule has 1 aromatic rings. The van der Waals surface area contributed by atoms with Crippen LogP contribution in [0.4, 0.5) is 5.69 Å². The van der Waals surface area contributed by atoms with Gasteiger partial charge >= 0.3 is 0 Å². The molecule has 0 amide bonds. The molecule has 1 aromatic carbocycles. The van der Waals surface area contributed by atoms with Crippen LogP contribution in [0.5, 0.6) is 0 Å². The Labute approximate surface area is 125 Å². The van der Waals surface area contributed by atoms with Gasteiger partial charge in [-0.15, -0.1) is 0 Å². The van der Waals surface area contributed by atoms with Crippen molar-refractivity contribution in [1.82, 2.24) is 5.32 Å². The second-order valence-electron chi connectivity index (χ2n) is 6.45. The molecule has 2 aliphatic heterocycles. The average Bonchev–Trinajstić information content (AvgIpc) is 3.09. The zero-order chi connectivity index (χ0) is 13.9. The molecule has 0 saturated carbocycles. The van der Waals surface area contributed by atoms with Crippen LogP contribution in [0.15, 0.2) is 59.3 Å². The van der Waals surface area contributed by atoms with Gasteiger partial charge in [0.2, 0.25) is 0 Å². The van der Waals surface area contributed by atoms with Gasteiger partial charge in [0.25, 0.3) is 0 Å². The molecule has 1 saturated heterocycles. The van der Waals surface area contributed by atoms with Crippen molar-refractivity contribution < 1.29 is 0 Å². The first-order chi connectivity index (χ1) is 10.4. The molecular formula is C19H18N2. The predicted octanol–water partition coefficient (Wildman–Crippen LogP) is 4.00. The second kappa shape index (κ2) is 3.97. The fourth-order valence-corrected chi connectivity index (χ4v) is 4.43. The van der Waals surface area contributed by atoms with Gasteiger partial charge in [0.1, 0.15) is 0 Å². The van der Waals surface area contributed by atoms with E-state index in [0.29, 0.717) is 5.92 Å². The first-order valence-corrected chi connectivity index (χ1v) is 7.91. The zero-order valence-electron chi connectivity index (χ0n) is 12.0. The highest BCUT2D eigenvalue weighted by molar-refractivity contribution is 6.33. The first kappa shape index (κ1) is 11.6. The molecule has 0 radical (unpaired) electrons. The molecule has 5 rings (SSSR count). The molecule has 4 aliphatic rings. The van der Waals surface area contributed by atoms with Gasteiger partial charge < -0.3 is 5.32 Å². The maximum absolute atomic E-state index is 5.03. The molecule has 21 heavy (non-hydrogen) atoms. The van der Waals surface area contributed by atoms with E-state index >= 15 is 0 Å². The molecule has 2 aliphatic carbocycles. The van der Waals surface area contributed by atoms with Gasteiger partial charge in [0, 0.05) is 29.3 Å². The van der Waals surface area contributed by atoms with E-state index in [1.807, 2.05) is 0 Å². The van der Waals surface area contributed by atoms with Crippen molar-refractivity contribution in [3.63, 3.8) is 0 Å². The van der Waals surface area contributed by atoms with Crippen LogP contribution in [0, 0.1) is 11.3 Å². The van der Waals surface area contributed by atoms with Crippen LogP contribution in [0.2, 0.25) is 0 Å². The molecule has 104 valence electrons. The second-order valence-corrected chi connectivity index (χ2v) is 6.45. The summed E-state index contributed by atoms with van der Waals surface area (Å²) >= 11 is 0. The van der Waals surface area contributed by atoms with Crippen molar-refractivity contribution in [2.24, 2.45) is 16.3 Å². The van der Waals surface area contributed by atoms with Gasteiger partial charge in [-0.2, -0.15) is 0 Å². The number of benzene rings is 1. The Morgan fingerprint density at radius 3 is 3.19 bits per heavy atom. The predicted molar refractivity (Wildman–Crippen MR) is 86.5 cm³/mol. The van der Waals surface area contributed by atoms with Crippen molar-refractivity contribution in [2.75, 3.05) is 6.54 Å². The summed E-state index contributed by atoms with van der Waals surface area (Å²) in [7, 11) is 0.